The number of aromatic nitrogens is 2. The number of halogens is 1. The maximum Gasteiger partial charge on any atom is 0.345 e. The van der Waals surface area contributed by atoms with Crippen LogP contribution in [0.3, 0.4) is 0 Å². The SMILES string of the molecule is O=C(Nc1ccc(OC(=O)c2cccc3[nH]c(=O)[nH]c23)cc1)c1ccccc1Cl. The van der Waals surface area contributed by atoms with E-state index >= 15 is 0 Å². The molecule has 1 heterocycles. The summed E-state index contributed by atoms with van der Waals surface area (Å²) in [4.78, 5) is 41.4. The zero-order valence-corrected chi connectivity index (χ0v) is 15.6. The van der Waals surface area contributed by atoms with Crippen LogP contribution < -0.4 is 15.7 Å². The molecule has 0 aliphatic rings. The third-order valence-electron chi connectivity index (χ3n) is 4.21. The zero-order valence-electron chi connectivity index (χ0n) is 14.9. The monoisotopic (exact) mass is 407 g/mol. The van der Waals surface area contributed by atoms with Crippen molar-refractivity contribution in [3.63, 3.8) is 0 Å². The van der Waals surface area contributed by atoms with Crippen LogP contribution in [-0.2, 0) is 0 Å². The summed E-state index contributed by atoms with van der Waals surface area (Å²) in [5.74, 6) is -0.664. The van der Waals surface area contributed by atoms with Gasteiger partial charge in [-0.05, 0) is 48.5 Å². The molecule has 8 heteroatoms. The molecule has 1 aromatic heterocycles. The Balaban J connectivity index is 1.48. The molecule has 29 heavy (non-hydrogen) atoms. The summed E-state index contributed by atoms with van der Waals surface area (Å²) >= 11 is 6.03. The van der Waals surface area contributed by atoms with E-state index in [1.165, 1.54) is 0 Å². The van der Waals surface area contributed by atoms with Gasteiger partial charge in [-0.1, -0.05) is 29.8 Å². The number of imidazole rings is 1. The Morgan fingerprint density at radius 2 is 1.59 bits per heavy atom. The van der Waals surface area contributed by atoms with Crippen molar-refractivity contribution in [2.45, 2.75) is 0 Å². The minimum absolute atomic E-state index is 0.233. The van der Waals surface area contributed by atoms with Gasteiger partial charge in [0.15, 0.2) is 0 Å². The summed E-state index contributed by atoms with van der Waals surface area (Å²) in [7, 11) is 0. The summed E-state index contributed by atoms with van der Waals surface area (Å²) in [6.45, 7) is 0. The molecule has 0 aliphatic carbocycles. The van der Waals surface area contributed by atoms with Crippen molar-refractivity contribution >= 4 is 40.2 Å². The number of carbonyl (C=O) groups is 2. The fourth-order valence-electron chi connectivity index (χ4n) is 2.84. The highest BCUT2D eigenvalue weighted by molar-refractivity contribution is 6.34. The van der Waals surface area contributed by atoms with Crippen LogP contribution in [0.5, 0.6) is 5.75 Å². The first-order chi connectivity index (χ1) is 14.0. The van der Waals surface area contributed by atoms with Crippen LogP contribution in [0, 0.1) is 0 Å². The first-order valence-electron chi connectivity index (χ1n) is 8.60. The van der Waals surface area contributed by atoms with E-state index in [0.29, 0.717) is 33.1 Å². The Morgan fingerprint density at radius 1 is 0.862 bits per heavy atom. The fraction of sp³-hybridized carbons (Fsp3) is 0. The minimum Gasteiger partial charge on any atom is -0.423 e. The van der Waals surface area contributed by atoms with Crippen molar-refractivity contribution in [2.24, 2.45) is 0 Å². The van der Waals surface area contributed by atoms with Crippen LogP contribution in [0.15, 0.2) is 71.5 Å². The second-order valence-electron chi connectivity index (χ2n) is 6.16. The predicted molar refractivity (Wildman–Crippen MR) is 110 cm³/mol. The van der Waals surface area contributed by atoms with Gasteiger partial charge < -0.3 is 20.0 Å². The molecule has 144 valence electrons. The largest absolute Gasteiger partial charge is 0.423 e. The summed E-state index contributed by atoms with van der Waals surface area (Å²) in [5, 5.41) is 3.08. The maximum atomic E-state index is 12.5. The van der Waals surface area contributed by atoms with E-state index in [9.17, 15) is 14.4 Å². The lowest BCUT2D eigenvalue weighted by atomic mass is 10.2. The highest BCUT2D eigenvalue weighted by Gasteiger charge is 2.15. The van der Waals surface area contributed by atoms with E-state index < -0.39 is 11.7 Å². The second kappa shape index (κ2) is 7.65. The molecule has 0 saturated carbocycles. The van der Waals surface area contributed by atoms with Gasteiger partial charge in [0.25, 0.3) is 5.91 Å². The number of rotatable bonds is 4. The van der Waals surface area contributed by atoms with Gasteiger partial charge in [-0.25, -0.2) is 9.59 Å². The van der Waals surface area contributed by atoms with Crippen LogP contribution in [0.1, 0.15) is 20.7 Å². The molecule has 4 rings (SSSR count). The average Bonchev–Trinajstić information content (AvgIpc) is 3.09. The van der Waals surface area contributed by atoms with Crippen LogP contribution in [0.2, 0.25) is 5.02 Å². The van der Waals surface area contributed by atoms with Gasteiger partial charge in [-0.3, -0.25) is 4.79 Å². The molecule has 0 atom stereocenters. The number of hydrogen-bond donors (Lipinski definition) is 3. The number of benzene rings is 3. The van der Waals surface area contributed by atoms with E-state index in [-0.39, 0.29) is 11.5 Å². The summed E-state index contributed by atoms with van der Waals surface area (Å²) in [5.41, 5.74) is 1.61. The topological polar surface area (TPSA) is 104 Å². The van der Waals surface area contributed by atoms with E-state index in [0.717, 1.165) is 0 Å². The smallest absolute Gasteiger partial charge is 0.345 e. The third-order valence-corrected chi connectivity index (χ3v) is 4.54. The number of aromatic amines is 2. The van der Waals surface area contributed by atoms with E-state index in [1.54, 1.807) is 66.7 Å². The minimum atomic E-state index is -0.612. The molecule has 3 N–H and O–H groups in total. The number of H-pyrrole nitrogens is 2. The summed E-state index contributed by atoms with van der Waals surface area (Å²) in [6.07, 6.45) is 0. The van der Waals surface area contributed by atoms with Crippen LogP contribution in [-0.4, -0.2) is 21.8 Å². The van der Waals surface area contributed by atoms with Crippen molar-refractivity contribution in [3.05, 3.63) is 93.4 Å². The Labute approximate surface area is 169 Å². The van der Waals surface area contributed by atoms with Crippen LogP contribution in [0.4, 0.5) is 5.69 Å². The van der Waals surface area contributed by atoms with Gasteiger partial charge >= 0.3 is 11.7 Å². The maximum absolute atomic E-state index is 12.5. The number of fused-ring (bicyclic) bond motifs is 1. The van der Waals surface area contributed by atoms with E-state index in [2.05, 4.69) is 15.3 Å². The first-order valence-corrected chi connectivity index (χ1v) is 8.98. The van der Waals surface area contributed by atoms with Crippen molar-refractivity contribution < 1.29 is 14.3 Å². The molecule has 0 spiro atoms. The molecule has 7 nitrogen and oxygen atoms in total. The molecule has 0 aliphatic heterocycles. The lowest BCUT2D eigenvalue weighted by Crippen LogP contribution is -2.12. The van der Waals surface area contributed by atoms with Gasteiger partial charge in [0.05, 0.1) is 27.2 Å². The van der Waals surface area contributed by atoms with Crippen molar-refractivity contribution in [3.8, 4) is 5.75 Å². The number of esters is 1. The van der Waals surface area contributed by atoms with Gasteiger partial charge in [0.2, 0.25) is 0 Å². The van der Waals surface area contributed by atoms with Gasteiger partial charge in [-0.15, -0.1) is 0 Å². The Hall–Kier alpha value is -3.84. The Bertz CT molecular complexity index is 1280. The molecule has 0 unspecified atom stereocenters. The molecule has 0 radical (unpaired) electrons. The van der Waals surface area contributed by atoms with Gasteiger partial charge in [0, 0.05) is 5.69 Å². The number of amides is 1. The highest BCUT2D eigenvalue weighted by atomic mass is 35.5. The molecule has 0 bridgehead atoms. The van der Waals surface area contributed by atoms with Gasteiger partial charge in [0.1, 0.15) is 5.75 Å². The number of carbonyl (C=O) groups excluding carboxylic acids is 2. The Kier molecular flexibility index (Phi) is 4.88. The van der Waals surface area contributed by atoms with Crippen LogP contribution in [0.25, 0.3) is 11.0 Å². The lowest BCUT2D eigenvalue weighted by Gasteiger charge is -2.08. The zero-order chi connectivity index (χ0) is 20.4. The molecule has 0 fully saturated rings. The van der Waals surface area contributed by atoms with E-state index in [1.807, 2.05) is 0 Å². The van der Waals surface area contributed by atoms with Crippen molar-refractivity contribution in [2.75, 3.05) is 5.32 Å². The molecular weight excluding hydrogens is 394 g/mol. The average molecular weight is 408 g/mol. The summed E-state index contributed by atoms with van der Waals surface area (Å²) in [6, 6.07) is 17.9. The number of para-hydroxylation sites is 1. The predicted octanol–water partition coefficient (Wildman–Crippen LogP) is 3.98. The Morgan fingerprint density at radius 3 is 2.34 bits per heavy atom. The third kappa shape index (κ3) is 3.90. The molecule has 1 amide bonds. The van der Waals surface area contributed by atoms with Crippen molar-refractivity contribution in [1.29, 1.82) is 0 Å². The number of anilines is 1. The highest BCUT2D eigenvalue weighted by Crippen LogP contribution is 2.21. The quantitative estimate of drug-likeness (QED) is 0.351. The molecule has 3 aromatic carbocycles. The lowest BCUT2D eigenvalue weighted by molar-refractivity contribution is 0.0736. The number of ether oxygens (including phenoxy) is 1. The van der Waals surface area contributed by atoms with Gasteiger partial charge in [-0.2, -0.15) is 0 Å². The fourth-order valence-corrected chi connectivity index (χ4v) is 3.06. The molecule has 0 saturated heterocycles. The van der Waals surface area contributed by atoms with Crippen LogP contribution >= 0.6 is 11.6 Å². The first kappa shape index (κ1) is 18.5. The van der Waals surface area contributed by atoms with Crippen molar-refractivity contribution in [1.82, 2.24) is 9.97 Å². The number of hydrogen-bond acceptors (Lipinski definition) is 4. The molecule has 4 aromatic rings. The summed E-state index contributed by atoms with van der Waals surface area (Å²) < 4.78 is 5.37. The molecular formula is C21H14ClN3O4. The standard InChI is InChI=1S/C21H14ClN3O4/c22-16-6-2-1-4-14(16)19(26)23-12-8-10-13(11-9-12)29-20(27)15-5-3-7-17-18(15)25-21(28)24-17/h1-11H,(H,23,26)(H2,24,25,28). The second-order valence-corrected chi connectivity index (χ2v) is 6.56. The normalized spacial score (nSPS) is 10.7. The number of nitrogens with one attached hydrogen (secondary N) is 3. The van der Waals surface area contributed by atoms with E-state index in [4.69, 9.17) is 16.3 Å².